The second-order valence-electron chi connectivity index (χ2n) is 7.79. The summed E-state index contributed by atoms with van der Waals surface area (Å²) in [7, 11) is 0. The van der Waals surface area contributed by atoms with Crippen LogP contribution >= 0.6 is 0 Å². The van der Waals surface area contributed by atoms with Gasteiger partial charge in [0.1, 0.15) is 6.54 Å². The molecule has 26 heavy (non-hydrogen) atoms. The van der Waals surface area contributed by atoms with Gasteiger partial charge < -0.3 is 15.2 Å². The maximum Gasteiger partial charge on any atom is 0.240 e. The predicted molar refractivity (Wildman–Crippen MR) is 102 cm³/mol. The molecule has 4 rings (SSSR count). The zero-order chi connectivity index (χ0) is 18.1. The van der Waals surface area contributed by atoms with E-state index in [2.05, 4.69) is 23.6 Å². The Kier molecular flexibility index (Phi) is 4.70. The Morgan fingerprint density at radius 2 is 2.12 bits per heavy atom. The van der Waals surface area contributed by atoms with Crippen molar-refractivity contribution in [1.29, 1.82) is 0 Å². The highest BCUT2D eigenvalue weighted by atomic mass is 16.2. The number of aromatic nitrogens is 1. The molecule has 5 heteroatoms. The fourth-order valence-electron chi connectivity index (χ4n) is 4.86. The van der Waals surface area contributed by atoms with E-state index in [9.17, 15) is 9.59 Å². The van der Waals surface area contributed by atoms with Gasteiger partial charge in [-0.05, 0) is 48.6 Å². The molecular formula is C21H27N3O2. The van der Waals surface area contributed by atoms with Gasteiger partial charge in [0.25, 0.3) is 0 Å². The number of para-hydroxylation sites is 1. The number of amides is 2. The van der Waals surface area contributed by atoms with Crippen molar-refractivity contribution >= 4 is 22.7 Å². The molecule has 1 aliphatic heterocycles. The lowest BCUT2D eigenvalue weighted by Crippen LogP contribution is -2.55. The Bertz CT molecular complexity index is 812. The summed E-state index contributed by atoms with van der Waals surface area (Å²) in [5.41, 5.74) is 1.08. The first-order chi connectivity index (χ1) is 12.6. The number of hydrogen-bond acceptors (Lipinski definition) is 2. The van der Waals surface area contributed by atoms with E-state index in [1.54, 1.807) is 0 Å². The van der Waals surface area contributed by atoms with Gasteiger partial charge in [-0.25, -0.2) is 0 Å². The average Bonchev–Trinajstić information content (AvgIpc) is 3.03. The first-order valence-corrected chi connectivity index (χ1v) is 9.76. The lowest BCUT2D eigenvalue weighted by molar-refractivity contribution is -0.127. The third kappa shape index (κ3) is 3.35. The topological polar surface area (TPSA) is 63.1 Å². The fourth-order valence-corrected chi connectivity index (χ4v) is 4.86. The molecular weight excluding hydrogens is 326 g/mol. The molecule has 2 N–H and O–H groups in total. The summed E-state index contributed by atoms with van der Waals surface area (Å²) in [4.78, 5) is 24.5. The van der Waals surface area contributed by atoms with Crippen LogP contribution in [0, 0.1) is 11.8 Å². The summed E-state index contributed by atoms with van der Waals surface area (Å²) in [6.07, 6.45) is 6.63. The minimum absolute atomic E-state index is 0.0454. The summed E-state index contributed by atoms with van der Waals surface area (Å²) < 4.78 is 1.99. The number of piperidine rings is 1. The normalized spacial score (nSPS) is 28.4. The lowest BCUT2D eigenvalue weighted by Gasteiger charge is -2.44. The summed E-state index contributed by atoms with van der Waals surface area (Å²) in [6.45, 7) is 2.51. The number of carbonyl (C=O) groups excluding carboxylic acids is 2. The van der Waals surface area contributed by atoms with E-state index in [4.69, 9.17) is 0 Å². The Labute approximate surface area is 154 Å². The van der Waals surface area contributed by atoms with Crippen LogP contribution in [0.2, 0.25) is 0 Å². The molecule has 4 atom stereocenters. The fraction of sp³-hybridized carbons (Fsp3) is 0.524. The average molecular weight is 353 g/mol. The molecule has 5 nitrogen and oxygen atoms in total. The van der Waals surface area contributed by atoms with Crippen molar-refractivity contribution in [3.05, 3.63) is 36.5 Å². The third-order valence-electron chi connectivity index (χ3n) is 6.19. The van der Waals surface area contributed by atoms with Crippen LogP contribution in [0.25, 0.3) is 10.9 Å². The van der Waals surface area contributed by atoms with Gasteiger partial charge in [0.2, 0.25) is 11.8 Å². The minimum Gasteiger partial charge on any atom is -0.353 e. The number of carbonyl (C=O) groups is 2. The predicted octanol–water partition coefficient (Wildman–Crippen LogP) is 2.84. The lowest BCUT2D eigenvalue weighted by atomic mass is 9.70. The smallest absolute Gasteiger partial charge is 0.240 e. The molecule has 2 fully saturated rings. The Morgan fingerprint density at radius 3 is 2.96 bits per heavy atom. The molecule has 2 heterocycles. The maximum absolute atomic E-state index is 12.5. The van der Waals surface area contributed by atoms with E-state index in [0.29, 0.717) is 24.8 Å². The van der Waals surface area contributed by atoms with Crippen molar-refractivity contribution in [1.82, 2.24) is 15.2 Å². The van der Waals surface area contributed by atoms with Gasteiger partial charge in [0, 0.05) is 30.2 Å². The highest BCUT2D eigenvalue weighted by Gasteiger charge is 2.40. The third-order valence-corrected chi connectivity index (χ3v) is 6.19. The molecule has 4 unspecified atom stereocenters. The zero-order valence-electron chi connectivity index (χ0n) is 15.3. The summed E-state index contributed by atoms with van der Waals surface area (Å²) in [5, 5.41) is 7.50. The van der Waals surface area contributed by atoms with Crippen LogP contribution in [0.1, 0.15) is 39.0 Å². The highest BCUT2D eigenvalue weighted by molar-refractivity contribution is 5.83. The number of hydrogen-bond donors (Lipinski definition) is 2. The van der Waals surface area contributed by atoms with Crippen LogP contribution in [0.3, 0.4) is 0 Å². The van der Waals surface area contributed by atoms with Gasteiger partial charge in [-0.15, -0.1) is 0 Å². The SMILES string of the molecule is CCC1CC(=O)NC2CC(NC(=O)Cn3ccc4ccccc43)CCC12. The van der Waals surface area contributed by atoms with Crippen LogP contribution in [0.15, 0.2) is 36.5 Å². The van der Waals surface area contributed by atoms with Crippen molar-refractivity contribution in [3.8, 4) is 0 Å². The standard InChI is InChI=1S/C21H27N3O2/c1-2-14-11-20(25)23-18-12-16(7-8-17(14)18)22-21(26)13-24-10-9-15-5-3-4-6-19(15)24/h3-6,9-10,14,16-18H,2,7-8,11-13H2,1H3,(H,22,26)(H,23,25). The number of fused-ring (bicyclic) bond motifs is 2. The van der Waals surface area contributed by atoms with E-state index in [1.807, 2.05) is 35.0 Å². The van der Waals surface area contributed by atoms with Crippen molar-refractivity contribution in [2.24, 2.45) is 11.8 Å². The molecule has 0 radical (unpaired) electrons. The highest BCUT2D eigenvalue weighted by Crippen LogP contribution is 2.36. The number of nitrogens with one attached hydrogen (secondary N) is 2. The molecule has 1 aliphatic carbocycles. The van der Waals surface area contributed by atoms with Gasteiger partial charge in [-0.2, -0.15) is 0 Å². The second-order valence-corrected chi connectivity index (χ2v) is 7.79. The summed E-state index contributed by atoms with van der Waals surface area (Å²) >= 11 is 0. The molecule has 0 spiro atoms. The first kappa shape index (κ1) is 17.1. The molecule has 1 saturated carbocycles. The van der Waals surface area contributed by atoms with Gasteiger partial charge in [-0.1, -0.05) is 31.5 Å². The van der Waals surface area contributed by atoms with E-state index in [0.717, 1.165) is 36.6 Å². The molecule has 138 valence electrons. The van der Waals surface area contributed by atoms with Crippen molar-refractivity contribution in [2.75, 3.05) is 0 Å². The van der Waals surface area contributed by atoms with Crippen LogP contribution < -0.4 is 10.6 Å². The molecule has 0 bridgehead atoms. The summed E-state index contributed by atoms with van der Waals surface area (Å²) in [5.74, 6) is 1.28. The van der Waals surface area contributed by atoms with Gasteiger partial charge in [-0.3, -0.25) is 9.59 Å². The second kappa shape index (κ2) is 7.14. The van der Waals surface area contributed by atoms with Gasteiger partial charge in [0.05, 0.1) is 0 Å². The van der Waals surface area contributed by atoms with E-state index in [1.165, 1.54) is 0 Å². The Hall–Kier alpha value is -2.30. The number of benzene rings is 1. The molecule has 2 aliphatic rings. The van der Waals surface area contributed by atoms with E-state index >= 15 is 0 Å². The van der Waals surface area contributed by atoms with Crippen molar-refractivity contribution in [2.45, 2.75) is 57.7 Å². The monoisotopic (exact) mass is 353 g/mol. The van der Waals surface area contributed by atoms with Crippen LogP contribution in [0.5, 0.6) is 0 Å². The minimum atomic E-state index is 0.0454. The van der Waals surface area contributed by atoms with Crippen LogP contribution in [-0.2, 0) is 16.1 Å². The van der Waals surface area contributed by atoms with E-state index in [-0.39, 0.29) is 23.9 Å². The molecule has 1 aromatic heterocycles. The molecule has 1 aromatic carbocycles. The van der Waals surface area contributed by atoms with E-state index < -0.39 is 0 Å². The van der Waals surface area contributed by atoms with Crippen LogP contribution in [0.4, 0.5) is 0 Å². The molecule has 1 saturated heterocycles. The summed E-state index contributed by atoms with van der Waals surface area (Å²) in [6, 6.07) is 10.5. The van der Waals surface area contributed by atoms with Gasteiger partial charge >= 0.3 is 0 Å². The molecule has 2 amide bonds. The zero-order valence-corrected chi connectivity index (χ0v) is 15.3. The van der Waals surface area contributed by atoms with Crippen molar-refractivity contribution < 1.29 is 9.59 Å². The van der Waals surface area contributed by atoms with Crippen LogP contribution in [-0.4, -0.2) is 28.5 Å². The Morgan fingerprint density at radius 1 is 1.27 bits per heavy atom. The van der Waals surface area contributed by atoms with Gasteiger partial charge in [0.15, 0.2) is 0 Å². The Balaban J connectivity index is 1.37. The maximum atomic E-state index is 12.5. The van der Waals surface area contributed by atoms with Crippen molar-refractivity contribution in [3.63, 3.8) is 0 Å². The number of nitrogens with zero attached hydrogens (tertiary/aromatic N) is 1. The largest absolute Gasteiger partial charge is 0.353 e. The quantitative estimate of drug-likeness (QED) is 0.888. The number of rotatable bonds is 4. The molecule has 2 aromatic rings. The first-order valence-electron chi connectivity index (χ1n) is 9.76.